The van der Waals surface area contributed by atoms with E-state index in [0.717, 1.165) is 25.7 Å². The van der Waals surface area contributed by atoms with Crippen LogP contribution in [0.2, 0.25) is 0 Å². The van der Waals surface area contributed by atoms with Crippen LogP contribution in [0.3, 0.4) is 0 Å². The summed E-state index contributed by atoms with van der Waals surface area (Å²) in [7, 11) is 0. The van der Waals surface area contributed by atoms with Crippen molar-refractivity contribution in [3.8, 4) is 0 Å². The van der Waals surface area contributed by atoms with Gasteiger partial charge in [-0.1, -0.05) is 31.0 Å². The average molecular weight is 367 g/mol. The van der Waals surface area contributed by atoms with Crippen LogP contribution in [0.1, 0.15) is 41.6 Å². The Hall–Kier alpha value is -3.22. The number of amides is 2. The number of anilines is 1. The molecule has 0 aliphatic heterocycles. The molecule has 27 heavy (non-hydrogen) atoms. The van der Waals surface area contributed by atoms with Crippen molar-refractivity contribution < 1.29 is 14.5 Å². The van der Waals surface area contributed by atoms with E-state index in [2.05, 4.69) is 10.6 Å². The second-order valence-corrected chi connectivity index (χ2v) is 6.64. The molecule has 1 saturated carbocycles. The second kappa shape index (κ2) is 8.44. The van der Waals surface area contributed by atoms with E-state index in [-0.39, 0.29) is 30.0 Å². The fraction of sp³-hybridized carbons (Fsp3) is 0.300. The van der Waals surface area contributed by atoms with Crippen molar-refractivity contribution in [3.05, 3.63) is 69.8 Å². The molecule has 0 radical (unpaired) electrons. The number of para-hydroxylation sites is 1. The van der Waals surface area contributed by atoms with Crippen LogP contribution in [0.5, 0.6) is 0 Å². The predicted octanol–water partition coefficient (Wildman–Crippen LogP) is 3.45. The summed E-state index contributed by atoms with van der Waals surface area (Å²) in [6.45, 7) is 0. The van der Waals surface area contributed by atoms with Crippen LogP contribution in [0.25, 0.3) is 0 Å². The lowest BCUT2D eigenvalue weighted by molar-refractivity contribution is -0.385. The number of carbonyl (C=O) groups excluding carboxylic acids is 2. The quantitative estimate of drug-likeness (QED) is 0.603. The summed E-state index contributed by atoms with van der Waals surface area (Å²) in [5, 5.41) is 16.7. The van der Waals surface area contributed by atoms with Gasteiger partial charge in [-0.2, -0.15) is 0 Å². The zero-order chi connectivity index (χ0) is 19.2. The molecule has 2 aromatic rings. The maximum atomic E-state index is 12.2. The van der Waals surface area contributed by atoms with Gasteiger partial charge in [0.25, 0.3) is 11.6 Å². The number of hydrogen-bond acceptors (Lipinski definition) is 4. The van der Waals surface area contributed by atoms with Crippen LogP contribution in [-0.2, 0) is 11.2 Å². The Morgan fingerprint density at radius 2 is 1.70 bits per heavy atom. The van der Waals surface area contributed by atoms with Crippen LogP contribution in [0, 0.1) is 10.1 Å². The maximum absolute atomic E-state index is 12.2. The first-order chi connectivity index (χ1) is 13.0. The molecule has 2 amide bonds. The van der Waals surface area contributed by atoms with Crippen molar-refractivity contribution in [3.63, 3.8) is 0 Å². The molecule has 2 aromatic carbocycles. The van der Waals surface area contributed by atoms with Crippen molar-refractivity contribution in [2.75, 3.05) is 5.32 Å². The Balaban J connectivity index is 1.58. The fourth-order valence-corrected chi connectivity index (χ4v) is 3.26. The van der Waals surface area contributed by atoms with Gasteiger partial charge < -0.3 is 10.6 Å². The number of carbonyl (C=O) groups is 2. The van der Waals surface area contributed by atoms with Gasteiger partial charge in [-0.05, 0) is 37.1 Å². The molecule has 0 spiro atoms. The predicted molar refractivity (Wildman–Crippen MR) is 102 cm³/mol. The highest BCUT2D eigenvalue weighted by molar-refractivity contribution is 5.96. The highest BCUT2D eigenvalue weighted by atomic mass is 16.6. The standard InChI is InChI=1S/C20H21N3O4/c24-19(13-15-5-1-4-8-18(15)23(26)27)21-17-11-9-14(10-12-17)20(25)22-16-6-2-3-7-16/h1,4-5,8-12,16H,2-3,6-7,13H2,(H,21,24)(H,22,25). The highest BCUT2D eigenvalue weighted by Gasteiger charge is 2.18. The number of benzene rings is 2. The van der Waals surface area contributed by atoms with E-state index < -0.39 is 4.92 Å². The van der Waals surface area contributed by atoms with Gasteiger partial charge in [-0.15, -0.1) is 0 Å². The summed E-state index contributed by atoms with van der Waals surface area (Å²) in [6, 6.07) is 13.0. The Bertz CT molecular complexity index is 843. The molecule has 3 rings (SSSR count). The van der Waals surface area contributed by atoms with E-state index in [1.54, 1.807) is 42.5 Å². The SMILES string of the molecule is O=C(Cc1ccccc1[N+](=O)[O-])Nc1ccc(C(=O)NC2CCCC2)cc1. The minimum absolute atomic E-state index is 0.0772. The molecule has 0 bridgehead atoms. The Morgan fingerprint density at radius 3 is 2.37 bits per heavy atom. The third kappa shape index (κ3) is 4.91. The minimum Gasteiger partial charge on any atom is -0.349 e. The summed E-state index contributed by atoms with van der Waals surface area (Å²) in [6.07, 6.45) is 4.24. The lowest BCUT2D eigenvalue weighted by atomic mass is 10.1. The van der Waals surface area contributed by atoms with Crippen molar-refractivity contribution in [1.29, 1.82) is 0 Å². The van der Waals surface area contributed by atoms with Gasteiger partial charge in [-0.3, -0.25) is 19.7 Å². The number of nitrogens with one attached hydrogen (secondary N) is 2. The van der Waals surface area contributed by atoms with Gasteiger partial charge >= 0.3 is 0 Å². The fourth-order valence-electron chi connectivity index (χ4n) is 3.26. The van der Waals surface area contributed by atoms with Crippen LogP contribution >= 0.6 is 0 Å². The van der Waals surface area contributed by atoms with E-state index in [9.17, 15) is 19.7 Å². The number of rotatable bonds is 6. The summed E-state index contributed by atoms with van der Waals surface area (Å²) < 4.78 is 0. The Kier molecular flexibility index (Phi) is 5.80. The number of hydrogen-bond donors (Lipinski definition) is 2. The van der Waals surface area contributed by atoms with Crippen LogP contribution in [-0.4, -0.2) is 22.8 Å². The van der Waals surface area contributed by atoms with Gasteiger partial charge in [0.05, 0.1) is 11.3 Å². The van der Waals surface area contributed by atoms with E-state index >= 15 is 0 Å². The smallest absolute Gasteiger partial charge is 0.273 e. The van der Waals surface area contributed by atoms with E-state index in [1.165, 1.54) is 6.07 Å². The lowest BCUT2D eigenvalue weighted by Crippen LogP contribution is -2.32. The topological polar surface area (TPSA) is 101 Å². The van der Waals surface area contributed by atoms with Gasteiger partial charge in [0.1, 0.15) is 0 Å². The van der Waals surface area contributed by atoms with Gasteiger partial charge in [0.2, 0.25) is 5.91 Å². The van der Waals surface area contributed by atoms with Crippen molar-refractivity contribution in [2.24, 2.45) is 0 Å². The summed E-state index contributed by atoms with van der Waals surface area (Å²) in [5.74, 6) is -0.466. The number of nitrogens with zero attached hydrogens (tertiary/aromatic N) is 1. The summed E-state index contributed by atoms with van der Waals surface area (Å²) >= 11 is 0. The molecule has 2 N–H and O–H groups in total. The molecule has 7 nitrogen and oxygen atoms in total. The largest absolute Gasteiger partial charge is 0.349 e. The van der Waals surface area contributed by atoms with E-state index in [1.807, 2.05) is 0 Å². The summed E-state index contributed by atoms with van der Waals surface area (Å²) in [5.41, 5.74) is 1.36. The molecule has 0 aromatic heterocycles. The van der Waals surface area contributed by atoms with E-state index in [0.29, 0.717) is 16.8 Å². The first-order valence-corrected chi connectivity index (χ1v) is 8.96. The van der Waals surface area contributed by atoms with Gasteiger partial charge in [0.15, 0.2) is 0 Å². The first kappa shape index (κ1) is 18.6. The minimum atomic E-state index is -0.500. The van der Waals surface area contributed by atoms with Crippen LogP contribution < -0.4 is 10.6 Å². The molecule has 7 heteroatoms. The number of nitro groups is 1. The zero-order valence-electron chi connectivity index (χ0n) is 14.8. The normalized spacial score (nSPS) is 13.9. The highest BCUT2D eigenvalue weighted by Crippen LogP contribution is 2.20. The third-order valence-corrected chi connectivity index (χ3v) is 4.66. The lowest BCUT2D eigenvalue weighted by Gasteiger charge is -2.12. The third-order valence-electron chi connectivity index (χ3n) is 4.66. The molecular formula is C20H21N3O4. The van der Waals surface area contributed by atoms with Gasteiger partial charge in [0, 0.05) is 28.9 Å². The van der Waals surface area contributed by atoms with Crippen molar-refractivity contribution in [2.45, 2.75) is 38.1 Å². The van der Waals surface area contributed by atoms with Crippen LogP contribution in [0.4, 0.5) is 11.4 Å². The van der Waals surface area contributed by atoms with Gasteiger partial charge in [-0.25, -0.2) is 0 Å². The molecule has 0 saturated heterocycles. The molecule has 1 fully saturated rings. The molecule has 1 aliphatic carbocycles. The molecule has 1 aliphatic rings. The monoisotopic (exact) mass is 367 g/mol. The molecule has 0 atom stereocenters. The summed E-state index contributed by atoms with van der Waals surface area (Å²) in [4.78, 5) is 34.9. The first-order valence-electron chi connectivity index (χ1n) is 8.96. The average Bonchev–Trinajstić information content (AvgIpc) is 3.15. The molecule has 0 unspecified atom stereocenters. The number of nitro benzene ring substituents is 1. The molecule has 0 heterocycles. The Morgan fingerprint density at radius 1 is 1.04 bits per heavy atom. The van der Waals surface area contributed by atoms with Crippen molar-refractivity contribution >= 4 is 23.2 Å². The zero-order valence-corrected chi connectivity index (χ0v) is 14.8. The van der Waals surface area contributed by atoms with E-state index in [4.69, 9.17) is 0 Å². The van der Waals surface area contributed by atoms with Crippen LogP contribution in [0.15, 0.2) is 48.5 Å². The maximum Gasteiger partial charge on any atom is 0.273 e. The second-order valence-electron chi connectivity index (χ2n) is 6.64. The molecule has 140 valence electrons. The van der Waals surface area contributed by atoms with Crippen molar-refractivity contribution in [1.82, 2.24) is 5.32 Å². The molecular weight excluding hydrogens is 346 g/mol. The Labute approximate surface area is 156 Å².